The number of rotatable bonds is 4. The molecule has 0 atom stereocenters. The number of hydrogen-bond donors (Lipinski definition) is 2. The first-order valence-corrected chi connectivity index (χ1v) is 7.15. The molecule has 0 unspecified atom stereocenters. The van der Waals surface area contributed by atoms with Gasteiger partial charge in [-0.1, -0.05) is 0 Å². The second-order valence-corrected chi connectivity index (χ2v) is 5.81. The van der Waals surface area contributed by atoms with E-state index in [2.05, 4.69) is 9.71 Å². The van der Waals surface area contributed by atoms with Crippen LogP contribution in [0.25, 0.3) is 0 Å². The predicted molar refractivity (Wildman–Crippen MR) is 73.2 cm³/mol. The number of hydrogen-bond acceptors (Lipinski definition) is 4. The summed E-state index contributed by atoms with van der Waals surface area (Å²) in [6.07, 6.45) is 2.71. The van der Waals surface area contributed by atoms with Crippen molar-refractivity contribution in [3.63, 3.8) is 0 Å². The minimum absolute atomic E-state index is 0.0416. The zero-order valence-electron chi connectivity index (χ0n) is 10.6. The molecule has 0 saturated heterocycles. The van der Waals surface area contributed by atoms with Crippen LogP contribution in [0.4, 0.5) is 5.69 Å². The number of pyridine rings is 1. The Bertz CT molecular complexity index is 742. The van der Waals surface area contributed by atoms with E-state index >= 15 is 0 Å². The van der Waals surface area contributed by atoms with Crippen LogP contribution >= 0.6 is 0 Å². The first-order valence-electron chi connectivity index (χ1n) is 5.67. The summed E-state index contributed by atoms with van der Waals surface area (Å²) >= 11 is 0. The van der Waals surface area contributed by atoms with E-state index < -0.39 is 16.0 Å². The summed E-state index contributed by atoms with van der Waals surface area (Å²) in [6, 6.07) is 7.18. The monoisotopic (exact) mass is 292 g/mol. The van der Waals surface area contributed by atoms with Crippen molar-refractivity contribution < 1.29 is 18.3 Å². The van der Waals surface area contributed by atoms with Crippen LogP contribution in [0, 0.1) is 6.92 Å². The highest BCUT2D eigenvalue weighted by molar-refractivity contribution is 7.92. The second kappa shape index (κ2) is 5.30. The second-order valence-electron chi connectivity index (χ2n) is 4.13. The van der Waals surface area contributed by atoms with Gasteiger partial charge in [-0.05, 0) is 42.8 Å². The van der Waals surface area contributed by atoms with Crippen LogP contribution in [0.3, 0.4) is 0 Å². The summed E-state index contributed by atoms with van der Waals surface area (Å²) in [7, 11) is -3.72. The molecule has 7 heteroatoms. The lowest BCUT2D eigenvalue weighted by Crippen LogP contribution is -2.13. The largest absolute Gasteiger partial charge is 0.478 e. The molecule has 0 radical (unpaired) electrons. The van der Waals surface area contributed by atoms with Crippen LogP contribution in [0.2, 0.25) is 0 Å². The van der Waals surface area contributed by atoms with Crippen LogP contribution in [0.1, 0.15) is 15.9 Å². The van der Waals surface area contributed by atoms with Gasteiger partial charge in [-0.25, -0.2) is 13.2 Å². The fraction of sp³-hybridized carbons (Fsp3) is 0.0769. The molecule has 2 rings (SSSR count). The minimum Gasteiger partial charge on any atom is -0.478 e. The molecular weight excluding hydrogens is 280 g/mol. The number of carbonyl (C=O) groups is 1. The number of carboxylic acid groups (broad SMARTS) is 1. The molecule has 0 aliphatic carbocycles. The smallest absolute Gasteiger partial charge is 0.335 e. The fourth-order valence-corrected chi connectivity index (χ4v) is 2.70. The lowest BCUT2D eigenvalue weighted by Gasteiger charge is -2.09. The SMILES string of the molecule is Cc1cc(NS(=O)(=O)c2cccnc2)ccc1C(=O)O. The van der Waals surface area contributed by atoms with E-state index in [9.17, 15) is 13.2 Å². The average molecular weight is 292 g/mol. The fourth-order valence-electron chi connectivity index (χ4n) is 1.69. The van der Waals surface area contributed by atoms with Gasteiger partial charge < -0.3 is 5.11 Å². The van der Waals surface area contributed by atoms with E-state index in [-0.39, 0.29) is 10.5 Å². The van der Waals surface area contributed by atoms with E-state index in [1.54, 1.807) is 6.92 Å². The van der Waals surface area contributed by atoms with Gasteiger partial charge >= 0.3 is 5.97 Å². The number of aromatic carboxylic acids is 1. The van der Waals surface area contributed by atoms with Crippen LogP contribution in [-0.4, -0.2) is 24.5 Å². The van der Waals surface area contributed by atoms with Crippen molar-refractivity contribution in [3.8, 4) is 0 Å². The van der Waals surface area contributed by atoms with Crippen molar-refractivity contribution in [3.05, 3.63) is 53.9 Å². The molecule has 0 saturated carbocycles. The number of nitrogens with one attached hydrogen (secondary N) is 1. The molecule has 0 amide bonds. The normalized spacial score (nSPS) is 11.1. The summed E-state index contributed by atoms with van der Waals surface area (Å²) in [5, 5.41) is 8.92. The van der Waals surface area contributed by atoms with Crippen LogP contribution in [0.5, 0.6) is 0 Å². The molecule has 1 aromatic carbocycles. The third kappa shape index (κ3) is 2.94. The zero-order valence-corrected chi connectivity index (χ0v) is 11.4. The first kappa shape index (κ1) is 14.0. The van der Waals surface area contributed by atoms with Crippen molar-refractivity contribution in [2.24, 2.45) is 0 Å². The summed E-state index contributed by atoms with van der Waals surface area (Å²) in [4.78, 5) is 14.7. The Morgan fingerprint density at radius 1 is 1.30 bits per heavy atom. The van der Waals surface area contributed by atoms with E-state index in [1.165, 1.54) is 42.7 Å². The molecule has 0 spiro atoms. The van der Waals surface area contributed by atoms with Crippen molar-refractivity contribution in [1.82, 2.24) is 4.98 Å². The first-order chi connectivity index (χ1) is 9.40. The maximum atomic E-state index is 12.1. The number of aromatic nitrogens is 1. The van der Waals surface area contributed by atoms with Crippen LogP contribution in [0.15, 0.2) is 47.6 Å². The van der Waals surface area contributed by atoms with Gasteiger partial charge in [0, 0.05) is 18.1 Å². The van der Waals surface area contributed by atoms with Gasteiger partial charge in [0.1, 0.15) is 4.90 Å². The lowest BCUT2D eigenvalue weighted by molar-refractivity contribution is 0.0696. The summed E-state index contributed by atoms with van der Waals surface area (Å²) in [6.45, 7) is 1.60. The zero-order chi connectivity index (χ0) is 14.8. The van der Waals surface area contributed by atoms with Crippen LogP contribution < -0.4 is 4.72 Å². The van der Waals surface area contributed by atoms with E-state index in [0.29, 0.717) is 11.3 Å². The molecule has 20 heavy (non-hydrogen) atoms. The number of benzene rings is 1. The summed E-state index contributed by atoms with van der Waals surface area (Å²) < 4.78 is 26.5. The summed E-state index contributed by atoms with van der Waals surface area (Å²) in [5.41, 5.74) is 0.912. The topological polar surface area (TPSA) is 96.4 Å². The van der Waals surface area contributed by atoms with Crippen molar-refractivity contribution in [2.45, 2.75) is 11.8 Å². The lowest BCUT2D eigenvalue weighted by atomic mass is 10.1. The molecule has 0 aliphatic rings. The quantitative estimate of drug-likeness (QED) is 0.897. The van der Waals surface area contributed by atoms with Crippen molar-refractivity contribution in [2.75, 3.05) is 4.72 Å². The number of anilines is 1. The number of nitrogens with zero attached hydrogens (tertiary/aromatic N) is 1. The maximum absolute atomic E-state index is 12.1. The van der Waals surface area contributed by atoms with E-state index in [0.717, 1.165) is 0 Å². The highest BCUT2D eigenvalue weighted by Crippen LogP contribution is 2.19. The summed E-state index contributed by atoms with van der Waals surface area (Å²) in [5.74, 6) is -1.05. The Hall–Kier alpha value is -2.41. The average Bonchev–Trinajstić information content (AvgIpc) is 2.39. The van der Waals surface area contributed by atoms with Crippen LogP contribution in [-0.2, 0) is 10.0 Å². The van der Waals surface area contributed by atoms with Gasteiger partial charge in [0.15, 0.2) is 0 Å². The van der Waals surface area contributed by atoms with Gasteiger partial charge in [-0.3, -0.25) is 9.71 Å². The van der Waals surface area contributed by atoms with Gasteiger partial charge in [0.2, 0.25) is 0 Å². The van der Waals surface area contributed by atoms with Gasteiger partial charge in [-0.2, -0.15) is 0 Å². The van der Waals surface area contributed by atoms with Gasteiger partial charge in [0.25, 0.3) is 10.0 Å². The molecular formula is C13H12N2O4S. The molecule has 6 nitrogen and oxygen atoms in total. The number of carboxylic acids is 1. The maximum Gasteiger partial charge on any atom is 0.335 e. The molecule has 0 bridgehead atoms. The Morgan fingerprint density at radius 2 is 2.05 bits per heavy atom. The minimum atomic E-state index is -3.72. The third-order valence-corrected chi connectivity index (χ3v) is 4.02. The van der Waals surface area contributed by atoms with Gasteiger partial charge in [0.05, 0.1) is 5.56 Å². The Morgan fingerprint density at radius 3 is 2.60 bits per heavy atom. The molecule has 1 aromatic heterocycles. The highest BCUT2D eigenvalue weighted by Gasteiger charge is 2.15. The standard InChI is InChI=1S/C13H12N2O4S/c1-9-7-10(4-5-12(9)13(16)17)15-20(18,19)11-3-2-6-14-8-11/h2-8,15H,1H3,(H,16,17). The number of sulfonamides is 1. The van der Waals surface area contributed by atoms with E-state index in [4.69, 9.17) is 5.11 Å². The Labute approximate surface area is 116 Å². The molecule has 2 aromatic rings. The molecule has 0 aliphatic heterocycles. The Balaban J connectivity index is 2.31. The van der Waals surface area contributed by atoms with E-state index in [1.807, 2.05) is 0 Å². The molecule has 2 N–H and O–H groups in total. The Kier molecular flexibility index (Phi) is 3.71. The third-order valence-electron chi connectivity index (χ3n) is 2.65. The molecule has 0 fully saturated rings. The highest BCUT2D eigenvalue weighted by atomic mass is 32.2. The van der Waals surface area contributed by atoms with Crippen molar-refractivity contribution in [1.29, 1.82) is 0 Å². The molecule has 104 valence electrons. The molecule has 1 heterocycles. The predicted octanol–water partition coefficient (Wildman–Crippen LogP) is 1.89. The van der Waals surface area contributed by atoms with Gasteiger partial charge in [-0.15, -0.1) is 0 Å². The van der Waals surface area contributed by atoms with Crippen molar-refractivity contribution >= 4 is 21.7 Å². The number of aryl methyl sites for hydroxylation is 1.